The minimum absolute atomic E-state index is 0.378. The van der Waals surface area contributed by atoms with Gasteiger partial charge in [0.25, 0.3) is 5.91 Å². The number of rotatable bonds is 4. The average molecular weight is 373 g/mol. The summed E-state index contributed by atoms with van der Waals surface area (Å²) < 4.78 is 12.1. The highest BCUT2D eigenvalue weighted by molar-refractivity contribution is 5.99. The maximum atomic E-state index is 12.9. The van der Waals surface area contributed by atoms with E-state index in [1.165, 1.54) is 0 Å². The van der Waals surface area contributed by atoms with E-state index in [9.17, 15) is 4.79 Å². The number of nitrogens with zero attached hydrogens (tertiary/aromatic N) is 2. The van der Waals surface area contributed by atoms with Crippen LogP contribution in [0, 0.1) is 0 Å². The van der Waals surface area contributed by atoms with Crippen molar-refractivity contribution in [2.45, 2.75) is 19.1 Å². The maximum absolute atomic E-state index is 12.9. The maximum Gasteiger partial charge on any atom is 0.285 e. The molecule has 2 aromatic carbocycles. The number of ether oxygens (including phenoxy) is 2. The van der Waals surface area contributed by atoms with Gasteiger partial charge in [-0.2, -0.15) is 5.10 Å². The molecule has 6 nitrogen and oxygen atoms in total. The van der Waals surface area contributed by atoms with Crippen LogP contribution >= 0.6 is 0 Å². The molecule has 2 heterocycles. The summed E-state index contributed by atoms with van der Waals surface area (Å²) in [6, 6.07) is 20.5. The molecule has 1 aliphatic rings. The first-order chi connectivity index (χ1) is 13.7. The lowest BCUT2D eigenvalue weighted by molar-refractivity contribution is -0.134. The molecule has 0 spiro atoms. The Bertz CT molecular complexity index is 990. The Morgan fingerprint density at radius 2 is 1.57 bits per heavy atom. The van der Waals surface area contributed by atoms with E-state index in [2.05, 4.69) is 15.5 Å². The van der Waals surface area contributed by atoms with Crippen LogP contribution < -0.4 is 14.9 Å². The molecule has 140 valence electrons. The van der Waals surface area contributed by atoms with Gasteiger partial charge in [-0.25, -0.2) is 5.43 Å². The van der Waals surface area contributed by atoms with E-state index in [1.807, 2.05) is 67.6 Å². The van der Waals surface area contributed by atoms with Gasteiger partial charge in [0.05, 0.1) is 5.71 Å². The van der Waals surface area contributed by atoms with Crippen LogP contribution in [0.2, 0.25) is 0 Å². The van der Waals surface area contributed by atoms with Crippen molar-refractivity contribution >= 4 is 11.6 Å². The predicted molar refractivity (Wildman–Crippen MR) is 105 cm³/mol. The highest BCUT2D eigenvalue weighted by Crippen LogP contribution is 2.39. The van der Waals surface area contributed by atoms with E-state index >= 15 is 0 Å². The van der Waals surface area contributed by atoms with Crippen molar-refractivity contribution in [2.24, 2.45) is 5.10 Å². The lowest BCUT2D eigenvalue weighted by Crippen LogP contribution is -2.44. The number of nitrogens with one attached hydrogen (secondary N) is 1. The molecule has 0 saturated carbocycles. The number of hydrogen-bond acceptors (Lipinski definition) is 5. The van der Waals surface area contributed by atoms with E-state index in [-0.39, 0.29) is 5.91 Å². The fourth-order valence-corrected chi connectivity index (χ4v) is 2.98. The number of carbonyl (C=O) groups is 1. The van der Waals surface area contributed by atoms with Crippen LogP contribution in [0.25, 0.3) is 0 Å². The van der Waals surface area contributed by atoms with Crippen molar-refractivity contribution in [3.8, 4) is 11.5 Å². The molecule has 2 atom stereocenters. The number of pyridine rings is 1. The van der Waals surface area contributed by atoms with Gasteiger partial charge in [0.15, 0.2) is 17.6 Å². The van der Waals surface area contributed by atoms with E-state index in [4.69, 9.17) is 9.47 Å². The Kier molecular flexibility index (Phi) is 5.01. The number of carbonyl (C=O) groups excluding carboxylic acids is 1. The second-order valence-electron chi connectivity index (χ2n) is 6.34. The normalized spacial score (nSPS) is 18.4. The lowest BCUT2D eigenvalue weighted by atomic mass is 10.0. The van der Waals surface area contributed by atoms with Crippen molar-refractivity contribution in [2.75, 3.05) is 0 Å². The third-order valence-electron chi connectivity index (χ3n) is 4.45. The number of fused-ring (bicyclic) bond motifs is 1. The molecule has 4 rings (SSSR count). The second kappa shape index (κ2) is 7.92. The fraction of sp³-hybridized carbons (Fsp3) is 0.136. The average Bonchev–Trinajstić information content (AvgIpc) is 2.77. The highest BCUT2D eigenvalue weighted by atomic mass is 16.6. The van der Waals surface area contributed by atoms with Crippen molar-refractivity contribution in [1.29, 1.82) is 0 Å². The van der Waals surface area contributed by atoms with Crippen molar-refractivity contribution in [3.05, 3.63) is 90.3 Å². The standard InChI is InChI=1S/C22H19N3O3/c1-15(16-11-13-23-14-12-16)24-25-22(26)21-20(17-7-3-2-4-8-17)27-18-9-5-6-10-19(18)28-21/h2-14,20-21H,1H3,(H,25,26)/b24-15+. The number of amides is 1. The largest absolute Gasteiger partial charge is 0.477 e. The van der Waals surface area contributed by atoms with Gasteiger partial charge in [-0.1, -0.05) is 42.5 Å². The molecular weight excluding hydrogens is 354 g/mol. The van der Waals surface area contributed by atoms with Crippen LogP contribution in [0.1, 0.15) is 24.2 Å². The summed E-state index contributed by atoms with van der Waals surface area (Å²) in [5.74, 6) is 0.762. The molecule has 0 bridgehead atoms. The minimum atomic E-state index is -0.869. The second-order valence-corrected chi connectivity index (χ2v) is 6.34. The van der Waals surface area contributed by atoms with Gasteiger partial charge < -0.3 is 9.47 Å². The van der Waals surface area contributed by atoms with Gasteiger partial charge >= 0.3 is 0 Å². The Morgan fingerprint density at radius 1 is 0.929 bits per heavy atom. The summed E-state index contributed by atoms with van der Waals surface area (Å²) in [6.45, 7) is 1.82. The Balaban J connectivity index is 1.59. The molecule has 0 saturated heterocycles. The van der Waals surface area contributed by atoms with Crippen LogP contribution in [0.15, 0.2) is 84.2 Å². The molecule has 0 radical (unpaired) electrons. The summed E-state index contributed by atoms with van der Waals surface area (Å²) in [7, 11) is 0. The number of aromatic nitrogens is 1. The van der Waals surface area contributed by atoms with Crippen molar-refractivity contribution in [1.82, 2.24) is 10.4 Å². The van der Waals surface area contributed by atoms with Gasteiger partial charge in [-0.3, -0.25) is 9.78 Å². The molecule has 6 heteroatoms. The molecule has 0 fully saturated rings. The first-order valence-electron chi connectivity index (χ1n) is 8.94. The number of hydrogen-bond donors (Lipinski definition) is 1. The first-order valence-corrected chi connectivity index (χ1v) is 8.94. The molecular formula is C22H19N3O3. The third-order valence-corrected chi connectivity index (χ3v) is 4.45. The zero-order chi connectivity index (χ0) is 19.3. The SMILES string of the molecule is C/C(=N\NC(=O)C1Oc2ccccc2OC1c1ccccc1)c1ccncc1. The number of benzene rings is 2. The third kappa shape index (κ3) is 3.71. The van der Waals surface area contributed by atoms with Crippen LogP contribution in [-0.4, -0.2) is 22.7 Å². The highest BCUT2D eigenvalue weighted by Gasteiger charge is 2.38. The van der Waals surface area contributed by atoms with Gasteiger partial charge in [0.2, 0.25) is 6.10 Å². The van der Waals surface area contributed by atoms with Crippen LogP contribution in [0.3, 0.4) is 0 Å². The van der Waals surface area contributed by atoms with E-state index < -0.39 is 12.2 Å². The smallest absolute Gasteiger partial charge is 0.285 e. The summed E-state index contributed by atoms with van der Waals surface area (Å²) in [5.41, 5.74) is 5.00. The Hall–Kier alpha value is -3.67. The zero-order valence-electron chi connectivity index (χ0n) is 15.3. The van der Waals surface area contributed by atoms with Crippen LogP contribution in [-0.2, 0) is 4.79 Å². The van der Waals surface area contributed by atoms with Crippen molar-refractivity contribution < 1.29 is 14.3 Å². The van der Waals surface area contributed by atoms with Gasteiger partial charge in [0.1, 0.15) is 0 Å². The van der Waals surface area contributed by atoms with E-state index in [0.717, 1.165) is 11.1 Å². The summed E-state index contributed by atoms with van der Waals surface area (Å²) in [5, 5.41) is 4.21. The number of para-hydroxylation sites is 2. The summed E-state index contributed by atoms with van der Waals surface area (Å²) in [4.78, 5) is 16.9. The molecule has 3 aromatic rings. The molecule has 1 amide bonds. The summed E-state index contributed by atoms with van der Waals surface area (Å²) >= 11 is 0. The fourth-order valence-electron chi connectivity index (χ4n) is 2.98. The molecule has 28 heavy (non-hydrogen) atoms. The van der Waals surface area contributed by atoms with E-state index in [0.29, 0.717) is 17.2 Å². The Labute approximate surface area is 162 Å². The molecule has 1 aliphatic heterocycles. The van der Waals surface area contributed by atoms with Gasteiger partial charge in [0, 0.05) is 18.0 Å². The number of hydrazone groups is 1. The first kappa shape index (κ1) is 17.7. The Morgan fingerprint density at radius 3 is 2.29 bits per heavy atom. The quantitative estimate of drug-likeness (QED) is 0.561. The minimum Gasteiger partial charge on any atom is -0.477 e. The van der Waals surface area contributed by atoms with Gasteiger partial charge in [-0.15, -0.1) is 0 Å². The molecule has 1 aromatic heterocycles. The topological polar surface area (TPSA) is 72.8 Å². The van der Waals surface area contributed by atoms with Crippen LogP contribution in [0.5, 0.6) is 11.5 Å². The lowest BCUT2D eigenvalue weighted by Gasteiger charge is -2.33. The molecule has 0 aliphatic carbocycles. The zero-order valence-corrected chi connectivity index (χ0v) is 15.3. The monoisotopic (exact) mass is 373 g/mol. The molecule has 2 unspecified atom stereocenters. The van der Waals surface area contributed by atoms with Gasteiger partial charge in [-0.05, 0) is 36.8 Å². The molecule has 1 N–H and O–H groups in total. The predicted octanol–water partition coefficient (Wildman–Crippen LogP) is 3.50. The van der Waals surface area contributed by atoms with Crippen LogP contribution in [0.4, 0.5) is 0 Å². The van der Waals surface area contributed by atoms with Crippen molar-refractivity contribution in [3.63, 3.8) is 0 Å². The van der Waals surface area contributed by atoms with E-state index in [1.54, 1.807) is 18.5 Å². The summed E-state index contributed by atoms with van der Waals surface area (Å²) in [6.07, 6.45) is 1.91.